The Kier molecular flexibility index (Phi) is 4.06. The van der Waals surface area contributed by atoms with Crippen LogP contribution in [-0.4, -0.2) is 60.8 Å². The van der Waals surface area contributed by atoms with Gasteiger partial charge in [0.1, 0.15) is 11.0 Å². The van der Waals surface area contributed by atoms with Crippen molar-refractivity contribution in [1.82, 2.24) is 15.3 Å². The maximum absolute atomic E-state index is 13.4. The predicted octanol–water partition coefficient (Wildman–Crippen LogP) is 1.73. The molecule has 2 aliphatic heterocycles. The molecule has 5 aliphatic carbocycles. The van der Waals surface area contributed by atoms with Gasteiger partial charge in [0.05, 0.1) is 29.4 Å². The maximum Gasteiger partial charge on any atom is 0.254 e. The molecule has 1 amide bonds. The molecule has 8 rings (SSSR count). The van der Waals surface area contributed by atoms with Crippen molar-refractivity contribution in [2.45, 2.75) is 80.2 Å². The van der Waals surface area contributed by atoms with Crippen LogP contribution < -0.4 is 10.2 Å². The minimum Gasteiger partial charge on any atom is -0.616 e. The van der Waals surface area contributed by atoms with Gasteiger partial charge in [-0.1, -0.05) is 0 Å². The van der Waals surface area contributed by atoms with Crippen molar-refractivity contribution in [3.05, 3.63) is 17.5 Å². The van der Waals surface area contributed by atoms with E-state index in [0.29, 0.717) is 40.9 Å². The van der Waals surface area contributed by atoms with Gasteiger partial charge in [-0.05, 0) is 73.9 Å². The third kappa shape index (κ3) is 3.04. The molecular formula is C23H30N4O3S. The van der Waals surface area contributed by atoms with Gasteiger partial charge in [-0.2, -0.15) is 0 Å². The second kappa shape index (κ2) is 6.58. The third-order valence-electron chi connectivity index (χ3n) is 8.91. The molecule has 7 nitrogen and oxygen atoms in total. The van der Waals surface area contributed by atoms with Gasteiger partial charge < -0.3 is 19.9 Å². The number of aliphatic hydroxyl groups is 1. The maximum atomic E-state index is 13.4. The van der Waals surface area contributed by atoms with Gasteiger partial charge >= 0.3 is 0 Å². The fourth-order valence-corrected chi connectivity index (χ4v) is 9.34. The fraction of sp³-hybridized carbons (Fsp3) is 0.783. The standard InChI is InChI=1S/C23H30N4O3S/c28-21(25-19-14-3-12-4-15(19)8-23(29,6-12)7-14)18-9-24-22(26-20(18)13-1-2-13)27-10-17-5-16(27)11-31(17)30/h9,12-17,19,29H,1-8,10-11H2,(H,25,28)/t12?,14?,15?,16?,17?,19-,23+,31?. The Hall–Kier alpha value is -1.38. The van der Waals surface area contributed by atoms with Gasteiger partial charge in [-0.15, -0.1) is 0 Å². The Labute approximate surface area is 185 Å². The molecule has 1 aromatic rings. The molecule has 3 heterocycles. The molecule has 0 spiro atoms. The van der Waals surface area contributed by atoms with E-state index in [-0.39, 0.29) is 23.2 Å². The van der Waals surface area contributed by atoms with Crippen LogP contribution in [0.5, 0.6) is 0 Å². The van der Waals surface area contributed by atoms with Crippen LogP contribution in [-0.2, 0) is 11.2 Å². The van der Waals surface area contributed by atoms with Crippen molar-refractivity contribution in [2.24, 2.45) is 17.8 Å². The molecule has 5 unspecified atom stereocenters. The van der Waals surface area contributed by atoms with Gasteiger partial charge in [-0.3, -0.25) is 4.79 Å². The van der Waals surface area contributed by atoms with E-state index in [1.54, 1.807) is 6.20 Å². The minimum absolute atomic E-state index is 0.0399. The average molecular weight is 443 g/mol. The first-order valence-electron chi connectivity index (χ1n) is 12.0. The van der Waals surface area contributed by atoms with Crippen molar-refractivity contribution in [3.63, 3.8) is 0 Å². The largest absolute Gasteiger partial charge is 0.616 e. The lowest BCUT2D eigenvalue weighted by Crippen LogP contribution is -2.61. The lowest BCUT2D eigenvalue weighted by atomic mass is 9.52. The van der Waals surface area contributed by atoms with Crippen LogP contribution in [0.2, 0.25) is 0 Å². The Morgan fingerprint density at radius 2 is 2.00 bits per heavy atom. The van der Waals surface area contributed by atoms with Crippen LogP contribution in [0.3, 0.4) is 0 Å². The Bertz CT molecular complexity index is 921. The number of hydrogen-bond acceptors (Lipinski definition) is 6. The molecule has 2 saturated heterocycles. The molecule has 2 N–H and O–H groups in total. The van der Waals surface area contributed by atoms with Crippen LogP contribution in [0, 0.1) is 17.8 Å². The van der Waals surface area contributed by atoms with E-state index in [0.717, 1.165) is 63.6 Å². The third-order valence-corrected chi connectivity index (χ3v) is 10.7. The van der Waals surface area contributed by atoms with Crippen LogP contribution >= 0.6 is 0 Å². The van der Waals surface area contributed by atoms with Crippen LogP contribution in [0.4, 0.5) is 5.95 Å². The van der Waals surface area contributed by atoms with Crippen LogP contribution in [0.15, 0.2) is 6.20 Å². The number of carbonyl (C=O) groups is 1. The number of anilines is 1. The molecule has 8 heteroatoms. The summed E-state index contributed by atoms with van der Waals surface area (Å²) >= 11 is -0.707. The summed E-state index contributed by atoms with van der Waals surface area (Å²) in [5.74, 6) is 3.16. The summed E-state index contributed by atoms with van der Waals surface area (Å²) in [6.45, 7) is 0.766. The molecule has 7 aliphatic rings. The number of nitrogens with zero attached hydrogens (tertiary/aromatic N) is 3. The first kappa shape index (κ1) is 19.1. The lowest BCUT2D eigenvalue weighted by Gasteiger charge is -2.58. The highest BCUT2D eigenvalue weighted by Gasteiger charge is 2.55. The van der Waals surface area contributed by atoms with Crippen molar-refractivity contribution in [2.75, 3.05) is 17.2 Å². The van der Waals surface area contributed by atoms with Crippen molar-refractivity contribution >= 4 is 23.0 Å². The number of rotatable bonds is 4. The number of aromatic nitrogens is 2. The lowest BCUT2D eigenvalue weighted by molar-refractivity contribution is -0.136. The second-order valence-corrected chi connectivity index (χ2v) is 12.9. The predicted molar refractivity (Wildman–Crippen MR) is 116 cm³/mol. The zero-order chi connectivity index (χ0) is 20.9. The molecule has 5 atom stereocenters. The quantitative estimate of drug-likeness (QED) is 0.689. The Morgan fingerprint density at radius 3 is 2.61 bits per heavy atom. The first-order chi connectivity index (χ1) is 15.0. The van der Waals surface area contributed by atoms with E-state index in [2.05, 4.69) is 15.2 Å². The topological polar surface area (TPSA) is 101 Å². The average Bonchev–Trinajstić information content (AvgIpc) is 3.40. The van der Waals surface area contributed by atoms with Gasteiger partial charge in [0.15, 0.2) is 0 Å². The first-order valence-corrected chi connectivity index (χ1v) is 13.4. The minimum atomic E-state index is -0.707. The van der Waals surface area contributed by atoms with E-state index >= 15 is 0 Å². The zero-order valence-electron chi connectivity index (χ0n) is 17.7. The highest BCUT2D eigenvalue weighted by Crippen LogP contribution is 2.55. The number of carbonyl (C=O) groups excluding carboxylic acids is 1. The van der Waals surface area contributed by atoms with E-state index < -0.39 is 16.8 Å². The summed E-state index contributed by atoms with van der Waals surface area (Å²) in [7, 11) is 0. The summed E-state index contributed by atoms with van der Waals surface area (Å²) in [5, 5.41) is 14.4. The summed E-state index contributed by atoms with van der Waals surface area (Å²) in [5.41, 5.74) is 1.04. The van der Waals surface area contributed by atoms with E-state index in [9.17, 15) is 14.5 Å². The van der Waals surface area contributed by atoms with Gasteiger partial charge in [0, 0.05) is 24.6 Å². The normalized spacial score (nSPS) is 44.8. The summed E-state index contributed by atoms with van der Waals surface area (Å²) in [4.78, 5) is 25.1. The number of fused-ring (bicyclic) bond motifs is 2. The zero-order valence-corrected chi connectivity index (χ0v) is 18.5. The summed E-state index contributed by atoms with van der Waals surface area (Å²) in [6.07, 6.45) is 9.73. The fourth-order valence-electron chi connectivity index (χ4n) is 7.61. The molecule has 7 fully saturated rings. The van der Waals surface area contributed by atoms with Gasteiger partial charge in [-0.25, -0.2) is 9.97 Å². The van der Waals surface area contributed by atoms with Crippen LogP contribution in [0.1, 0.15) is 73.3 Å². The van der Waals surface area contributed by atoms with Crippen molar-refractivity contribution < 1.29 is 14.5 Å². The van der Waals surface area contributed by atoms with E-state index in [1.807, 2.05) is 0 Å². The second-order valence-electron chi connectivity index (χ2n) is 11.1. The van der Waals surface area contributed by atoms with Gasteiger partial charge in [0.2, 0.25) is 5.95 Å². The SMILES string of the molecule is O=C(N[C@H]1C2CC3CC1C[C@@](O)(C3)C2)c1cnc(N2CC3CC2C[S+]3[O-])nc1C1CC1. The monoisotopic (exact) mass is 442 g/mol. The highest BCUT2D eigenvalue weighted by atomic mass is 32.2. The number of amides is 1. The molecule has 0 aromatic carbocycles. The van der Waals surface area contributed by atoms with Crippen LogP contribution in [0.25, 0.3) is 0 Å². The van der Waals surface area contributed by atoms with E-state index in [1.165, 1.54) is 0 Å². The number of nitrogens with one attached hydrogen (secondary N) is 1. The molecule has 5 saturated carbocycles. The molecule has 166 valence electrons. The Morgan fingerprint density at radius 1 is 1.23 bits per heavy atom. The Balaban J connectivity index is 1.13. The summed E-state index contributed by atoms with van der Waals surface area (Å²) in [6, 6.07) is 0.441. The van der Waals surface area contributed by atoms with Gasteiger partial charge in [0.25, 0.3) is 5.91 Å². The highest BCUT2D eigenvalue weighted by molar-refractivity contribution is 7.92. The molecule has 6 bridgehead atoms. The molecule has 1 aromatic heterocycles. The number of hydrogen-bond donors (Lipinski definition) is 2. The molecule has 31 heavy (non-hydrogen) atoms. The molecule has 0 radical (unpaired) electrons. The molecular weight excluding hydrogens is 412 g/mol. The summed E-state index contributed by atoms with van der Waals surface area (Å²) < 4.78 is 12.0. The van der Waals surface area contributed by atoms with Crippen molar-refractivity contribution in [1.29, 1.82) is 0 Å². The smallest absolute Gasteiger partial charge is 0.254 e. The van der Waals surface area contributed by atoms with Crippen molar-refractivity contribution in [3.8, 4) is 0 Å². The van der Waals surface area contributed by atoms with E-state index in [4.69, 9.17) is 4.98 Å².